The van der Waals surface area contributed by atoms with Crippen LogP contribution >= 0.6 is 0 Å². The number of rotatable bonds is 7. The second kappa shape index (κ2) is 9.10. The van der Waals surface area contributed by atoms with Gasteiger partial charge in [-0.15, -0.1) is 0 Å². The summed E-state index contributed by atoms with van der Waals surface area (Å²) in [6, 6.07) is 23.7. The highest BCUT2D eigenvalue weighted by Crippen LogP contribution is 2.42. The van der Waals surface area contributed by atoms with E-state index in [1.54, 1.807) is 31.4 Å². The monoisotopic (exact) mass is 427 g/mol. The van der Waals surface area contributed by atoms with Gasteiger partial charge in [0.1, 0.15) is 5.75 Å². The van der Waals surface area contributed by atoms with Crippen molar-refractivity contribution < 1.29 is 19.4 Å². The molecule has 32 heavy (non-hydrogen) atoms. The highest BCUT2D eigenvalue weighted by molar-refractivity contribution is 6.16. The first-order valence-electron chi connectivity index (χ1n) is 10.5. The van der Waals surface area contributed by atoms with Gasteiger partial charge in [0.15, 0.2) is 11.5 Å². The Hall–Kier alpha value is -3.86. The van der Waals surface area contributed by atoms with E-state index < -0.39 is 17.7 Å². The number of amides is 1. The first kappa shape index (κ1) is 21.4. The average Bonchev–Trinajstić information content (AvgIpc) is 3.09. The fraction of sp³-hybridized carbons (Fsp3) is 0.185. The summed E-state index contributed by atoms with van der Waals surface area (Å²) in [4.78, 5) is 28.0. The zero-order valence-electron chi connectivity index (χ0n) is 18.1. The van der Waals surface area contributed by atoms with Gasteiger partial charge in [-0.2, -0.15) is 0 Å². The maximum atomic E-state index is 13.3. The predicted octanol–water partition coefficient (Wildman–Crippen LogP) is 5.11. The third-order valence-corrected chi connectivity index (χ3v) is 5.68. The lowest BCUT2D eigenvalue weighted by Gasteiger charge is -2.27. The van der Waals surface area contributed by atoms with Gasteiger partial charge in [-0.3, -0.25) is 14.5 Å². The standard InChI is InChI=1S/C27H25NO4/c1-18-8-6-11-20(16-18)25-24(23(29)15-14-19-9-4-3-5-10-19)26(30)27(31)28(25)21-12-7-13-22(17-21)32-2/h3-13,16-17,25,30H,14-15H2,1-2H3. The first-order valence-corrected chi connectivity index (χ1v) is 10.5. The van der Waals surface area contributed by atoms with E-state index >= 15 is 0 Å². The Morgan fingerprint density at radius 3 is 2.47 bits per heavy atom. The predicted molar refractivity (Wildman–Crippen MR) is 124 cm³/mol. The molecule has 1 unspecified atom stereocenters. The number of carbonyl (C=O) groups is 2. The van der Waals surface area contributed by atoms with Gasteiger partial charge in [-0.05, 0) is 36.6 Å². The molecule has 1 amide bonds. The number of benzene rings is 3. The van der Waals surface area contributed by atoms with E-state index in [4.69, 9.17) is 4.74 Å². The van der Waals surface area contributed by atoms with Crippen molar-refractivity contribution in [2.45, 2.75) is 25.8 Å². The molecule has 1 aliphatic heterocycles. The van der Waals surface area contributed by atoms with Crippen LogP contribution in [0, 0.1) is 6.92 Å². The van der Waals surface area contributed by atoms with Gasteiger partial charge in [0.05, 0.1) is 18.7 Å². The van der Waals surface area contributed by atoms with Crippen LogP contribution in [0.3, 0.4) is 0 Å². The molecule has 1 N–H and O–H groups in total. The molecule has 0 fully saturated rings. The van der Waals surface area contributed by atoms with Crippen molar-refractivity contribution in [3.05, 3.63) is 107 Å². The molecule has 0 bridgehead atoms. The summed E-state index contributed by atoms with van der Waals surface area (Å²) in [6.07, 6.45) is 0.731. The molecule has 1 aliphatic rings. The van der Waals surface area contributed by atoms with E-state index in [2.05, 4.69) is 0 Å². The molecule has 162 valence electrons. The number of carbonyl (C=O) groups excluding carboxylic acids is 2. The molecule has 5 nitrogen and oxygen atoms in total. The summed E-state index contributed by atoms with van der Waals surface area (Å²) in [5.74, 6) is -0.733. The fourth-order valence-corrected chi connectivity index (χ4v) is 4.11. The van der Waals surface area contributed by atoms with Crippen LogP contribution in [-0.2, 0) is 16.0 Å². The molecular weight excluding hydrogens is 402 g/mol. The smallest absolute Gasteiger partial charge is 0.294 e. The third-order valence-electron chi connectivity index (χ3n) is 5.68. The van der Waals surface area contributed by atoms with Crippen molar-refractivity contribution in [3.8, 4) is 5.75 Å². The molecule has 3 aromatic carbocycles. The van der Waals surface area contributed by atoms with E-state index in [0.717, 1.165) is 16.7 Å². The van der Waals surface area contributed by atoms with Crippen molar-refractivity contribution in [1.29, 1.82) is 0 Å². The normalized spacial score (nSPS) is 15.9. The number of methoxy groups -OCH3 is 1. The molecule has 0 aromatic heterocycles. The van der Waals surface area contributed by atoms with Gasteiger partial charge in [-0.25, -0.2) is 0 Å². The highest BCUT2D eigenvalue weighted by atomic mass is 16.5. The third kappa shape index (κ3) is 4.14. The van der Waals surface area contributed by atoms with Crippen LogP contribution in [0.1, 0.15) is 29.2 Å². The number of aliphatic hydroxyl groups excluding tert-OH is 1. The topological polar surface area (TPSA) is 66.8 Å². The Balaban J connectivity index is 1.74. The Kier molecular flexibility index (Phi) is 6.08. The lowest BCUT2D eigenvalue weighted by atomic mass is 9.92. The molecule has 0 saturated carbocycles. The molecule has 0 aliphatic carbocycles. The zero-order valence-corrected chi connectivity index (χ0v) is 18.1. The average molecular weight is 428 g/mol. The van der Waals surface area contributed by atoms with Crippen LogP contribution in [0.5, 0.6) is 5.75 Å². The van der Waals surface area contributed by atoms with Gasteiger partial charge >= 0.3 is 0 Å². The molecule has 0 spiro atoms. The van der Waals surface area contributed by atoms with Gasteiger partial charge in [0, 0.05) is 18.2 Å². The second-order valence-electron chi connectivity index (χ2n) is 7.86. The van der Waals surface area contributed by atoms with E-state index in [1.165, 1.54) is 4.90 Å². The number of ether oxygens (including phenoxy) is 1. The van der Waals surface area contributed by atoms with Crippen molar-refractivity contribution in [3.63, 3.8) is 0 Å². The number of aryl methyl sites for hydroxylation is 2. The van der Waals surface area contributed by atoms with Gasteiger partial charge in [0.2, 0.25) is 0 Å². The number of hydrogen-bond acceptors (Lipinski definition) is 4. The SMILES string of the molecule is COc1cccc(N2C(=O)C(O)=C(C(=O)CCc3ccccc3)C2c2cccc(C)c2)c1. The van der Waals surface area contributed by atoms with Crippen molar-refractivity contribution in [1.82, 2.24) is 0 Å². The minimum Gasteiger partial charge on any atom is -0.503 e. The molecule has 1 heterocycles. The van der Waals surface area contributed by atoms with Crippen LogP contribution in [0.2, 0.25) is 0 Å². The van der Waals surface area contributed by atoms with Gasteiger partial charge in [0.25, 0.3) is 5.91 Å². The Morgan fingerprint density at radius 1 is 1.00 bits per heavy atom. The number of anilines is 1. The van der Waals surface area contributed by atoms with Crippen LogP contribution in [-0.4, -0.2) is 23.9 Å². The van der Waals surface area contributed by atoms with Crippen LogP contribution in [0.25, 0.3) is 0 Å². The van der Waals surface area contributed by atoms with Crippen molar-refractivity contribution in [2.75, 3.05) is 12.0 Å². The quantitative estimate of drug-likeness (QED) is 0.569. The van der Waals surface area contributed by atoms with E-state index in [1.807, 2.05) is 61.5 Å². The summed E-state index contributed by atoms with van der Waals surface area (Å²) in [7, 11) is 1.55. The first-order chi connectivity index (χ1) is 15.5. The molecule has 1 atom stereocenters. The number of aliphatic hydroxyl groups is 1. The lowest BCUT2D eigenvalue weighted by Crippen LogP contribution is -2.31. The summed E-state index contributed by atoms with van der Waals surface area (Å²) in [5, 5.41) is 10.8. The molecule has 0 saturated heterocycles. The Morgan fingerprint density at radius 2 is 1.75 bits per heavy atom. The van der Waals surface area contributed by atoms with Crippen molar-refractivity contribution in [2.24, 2.45) is 0 Å². The molecule has 0 radical (unpaired) electrons. The Bertz CT molecular complexity index is 1180. The zero-order chi connectivity index (χ0) is 22.7. The Labute approximate surface area is 187 Å². The maximum absolute atomic E-state index is 13.3. The van der Waals surface area contributed by atoms with Crippen LogP contribution in [0.4, 0.5) is 5.69 Å². The van der Waals surface area contributed by atoms with Gasteiger partial charge < -0.3 is 9.84 Å². The summed E-state index contributed by atoms with van der Waals surface area (Å²) in [5.41, 5.74) is 3.50. The lowest BCUT2D eigenvalue weighted by molar-refractivity contribution is -0.118. The minimum absolute atomic E-state index is 0.138. The maximum Gasteiger partial charge on any atom is 0.294 e. The molecule has 5 heteroatoms. The van der Waals surface area contributed by atoms with E-state index in [-0.39, 0.29) is 17.8 Å². The van der Waals surface area contributed by atoms with Gasteiger partial charge in [-0.1, -0.05) is 66.2 Å². The minimum atomic E-state index is -0.710. The fourth-order valence-electron chi connectivity index (χ4n) is 4.11. The number of hydrogen-bond donors (Lipinski definition) is 1. The second-order valence-corrected chi connectivity index (χ2v) is 7.86. The van der Waals surface area contributed by atoms with Crippen LogP contribution in [0.15, 0.2) is 90.2 Å². The number of Topliss-reactive ketones (excluding diaryl/α,β-unsaturated/α-hetero) is 1. The summed E-state index contributed by atoms with van der Waals surface area (Å²) in [6.45, 7) is 1.95. The molecular formula is C27H25NO4. The number of nitrogens with zero attached hydrogens (tertiary/aromatic N) is 1. The number of ketones is 1. The summed E-state index contributed by atoms with van der Waals surface area (Å²) >= 11 is 0. The van der Waals surface area contributed by atoms with Crippen molar-refractivity contribution >= 4 is 17.4 Å². The summed E-state index contributed by atoms with van der Waals surface area (Å²) < 4.78 is 5.32. The van der Waals surface area contributed by atoms with Crippen LogP contribution < -0.4 is 9.64 Å². The highest BCUT2D eigenvalue weighted by Gasteiger charge is 2.44. The molecule has 4 rings (SSSR count). The van der Waals surface area contributed by atoms with E-state index in [0.29, 0.717) is 17.9 Å². The van der Waals surface area contributed by atoms with E-state index in [9.17, 15) is 14.7 Å². The molecule has 3 aromatic rings. The largest absolute Gasteiger partial charge is 0.503 e.